The number of nitrogens with one attached hydrogen (secondary N) is 1. The van der Waals surface area contributed by atoms with Crippen molar-refractivity contribution in [2.75, 3.05) is 11.6 Å². The molecule has 1 N–H and O–H groups in total. The maximum atomic E-state index is 12.5. The number of rotatable bonds is 6. The van der Waals surface area contributed by atoms with Gasteiger partial charge < -0.3 is 5.32 Å². The summed E-state index contributed by atoms with van der Waals surface area (Å²) in [5.74, 6) is -0.821. The second-order valence-electron chi connectivity index (χ2n) is 9.26. The fourth-order valence-electron chi connectivity index (χ4n) is 3.51. The molecule has 0 saturated heterocycles. The first-order chi connectivity index (χ1) is 16.7. The number of ketones is 1. The minimum Gasteiger partial charge on any atom is -0.304 e. The van der Waals surface area contributed by atoms with E-state index in [4.69, 9.17) is 4.98 Å². The molecule has 2 heterocycles. The van der Waals surface area contributed by atoms with Crippen LogP contribution in [0.25, 0.3) is 32.3 Å². The highest BCUT2D eigenvalue weighted by molar-refractivity contribution is 7.98. The topological polar surface area (TPSA) is 72.0 Å². The number of thiazole rings is 1. The lowest BCUT2D eigenvalue weighted by atomic mass is 9.90. The van der Waals surface area contributed by atoms with E-state index >= 15 is 0 Å². The number of hydrogen-bond acceptors (Lipinski definition) is 6. The maximum absolute atomic E-state index is 12.5. The molecular weight excluding hydrogens is 474 g/mol. The van der Waals surface area contributed by atoms with E-state index < -0.39 is 17.1 Å². The summed E-state index contributed by atoms with van der Waals surface area (Å²) in [6, 6.07) is 20.3. The first kappa shape index (κ1) is 24.8. The second kappa shape index (κ2) is 10.1. The van der Waals surface area contributed by atoms with Gasteiger partial charge in [0.2, 0.25) is 5.78 Å². The Labute approximate surface area is 214 Å². The van der Waals surface area contributed by atoms with Crippen LogP contribution in [0, 0.1) is 12.3 Å². The Morgan fingerprint density at radius 1 is 0.943 bits per heavy atom. The predicted molar refractivity (Wildman–Crippen MR) is 146 cm³/mol. The molecule has 0 bridgehead atoms. The number of anilines is 1. The van der Waals surface area contributed by atoms with Gasteiger partial charge in [-0.3, -0.25) is 9.59 Å². The monoisotopic (exact) mass is 501 g/mol. The number of benzene rings is 2. The molecule has 0 fully saturated rings. The van der Waals surface area contributed by atoms with E-state index in [1.807, 2.05) is 12.1 Å². The van der Waals surface area contributed by atoms with Gasteiger partial charge in [0.15, 0.2) is 0 Å². The van der Waals surface area contributed by atoms with Gasteiger partial charge in [-0.05, 0) is 49.1 Å². The van der Waals surface area contributed by atoms with E-state index in [2.05, 4.69) is 65.9 Å². The SMILES string of the molecule is CSc1ccc(-c2nc(-c3cccc(C)c3)c(-c3ccnc(NC(=O)C(=O)C(C)(C)C)c3)s2)cc1. The van der Waals surface area contributed by atoms with E-state index in [9.17, 15) is 9.59 Å². The highest BCUT2D eigenvalue weighted by Gasteiger charge is 2.28. The Bertz CT molecular complexity index is 1390. The van der Waals surface area contributed by atoms with Gasteiger partial charge in [-0.25, -0.2) is 9.97 Å². The molecule has 35 heavy (non-hydrogen) atoms. The van der Waals surface area contributed by atoms with Crippen LogP contribution in [0.5, 0.6) is 0 Å². The lowest BCUT2D eigenvalue weighted by molar-refractivity contribution is -0.139. The number of aryl methyl sites for hydroxylation is 1. The number of aromatic nitrogens is 2. The summed E-state index contributed by atoms with van der Waals surface area (Å²) >= 11 is 3.30. The Kier molecular flexibility index (Phi) is 7.19. The highest BCUT2D eigenvalue weighted by Crippen LogP contribution is 2.41. The molecule has 0 radical (unpaired) electrons. The number of pyridine rings is 1. The predicted octanol–water partition coefficient (Wildman–Crippen LogP) is 7.12. The molecule has 178 valence electrons. The fraction of sp³-hybridized carbons (Fsp3) is 0.214. The van der Waals surface area contributed by atoms with Crippen molar-refractivity contribution in [2.24, 2.45) is 5.41 Å². The van der Waals surface area contributed by atoms with Crippen LogP contribution in [-0.4, -0.2) is 27.9 Å². The molecule has 0 atom stereocenters. The van der Waals surface area contributed by atoms with Crippen LogP contribution in [0.3, 0.4) is 0 Å². The third kappa shape index (κ3) is 5.69. The number of carbonyl (C=O) groups excluding carboxylic acids is 2. The van der Waals surface area contributed by atoms with Gasteiger partial charge in [0.25, 0.3) is 5.91 Å². The first-order valence-electron chi connectivity index (χ1n) is 11.2. The van der Waals surface area contributed by atoms with Crippen molar-refractivity contribution in [2.45, 2.75) is 32.6 Å². The van der Waals surface area contributed by atoms with E-state index in [-0.39, 0.29) is 0 Å². The Morgan fingerprint density at radius 3 is 2.34 bits per heavy atom. The van der Waals surface area contributed by atoms with Crippen molar-refractivity contribution in [3.8, 4) is 32.3 Å². The van der Waals surface area contributed by atoms with Crippen LogP contribution in [-0.2, 0) is 9.59 Å². The molecule has 2 aromatic heterocycles. The van der Waals surface area contributed by atoms with Crippen LogP contribution in [0.15, 0.2) is 71.8 Å². The van der Waals surface area contributed by atoms with E-state index in [0.29, 0.717) is 5.82 Å². The summed E-state index contributed by atoms with van der Waals surface area (Å²) in [6.07, 6.45) is 3.69. The zero-order valence-corrected chi connectivity index (χ0v) is 22.0. The number of carbonyl (C=O) groups is 2. The maximum Gasteiger partial charge on any atom is 0.293 e. The van der Waals surface area contributed by atoms with Crippen LogP contribution in [0.1, 0.15) is 26.3 Å². The fourth-order valence-corrected chi connectivity index (χ4v) is 5.01. The van der Waals surface area contributed by atoms with Crippen molar-refractivity contribution in [1.29, 1.82) is 0 Å². The number of nitrogens with zero attached hydrogens (tertiary/aromatic N) is 2. The molecule has 0 aliphatic carbocycles. The summed E-state index contributed by atoms with van der Waals surface area (Å²) in [4.78, 5) is 36.3. The molecule has 7 heteroatoms. The van der Waals surface area contributed by atoms with Gasteiger partial charge in [-0.2, -0.15) is 0 Å². The van der Waals surface area contributed by atoms with Gasteiger partial charge in [0, 0.05) is 27.6 Å². The Morgan fingerprint density at radius 2 is 1.69 bits per heavy atom. The quantitative estimate of drug-likeness (QED) is 0.225. The summed E-state index contributed by atoms with van der Waals surface area (Å²) in [5.41, 5.74) is 4.20. The van der Waals surface area contributed by atoms with Crippen LogP contribution in [0.2, 0.25) is 0 Å². The summed E-state index contributed by atoms with van der Waals surface area (Å²) in [6.45, 7) is 7.22. The number of Topliss-reactive ketones (excluding diaryl/α,β-unsaturated/α-hetero) is 1. The minimum absolute atomic E-state index is 0.333. The summed E-state index contributed by atoms with van der Waals surface area (Å²) < 4.78 is 0. The molecule has 0 aliphatic heterocycles. The molecule has 0 unspecified atom stereocenters. The van der Waals surface area contributed by atoms with Crippen molar-refractivity contribution < 1.29 is 9.59 Å². The average Bonchev–Trinajstić information content (AvgIpc) is 3.29. The normalized spacial score (nSPS) is 11.3. The van der Waals surface area contributed by atoms with Crippen LogP contribution in [0.4, 0.5) is 5.82 Å². The molecule has 0 saturated carbocycles. The van der Waals surface area contributed by atoms with Gasteiger partial charge in [-0.1, -0.05) is 56.7 Å². The van der Waals surface area contributed by atoms with Crippen molar-refractivity contribution >= 4 is 40.6 Å². The molecule has 5 nitrogen and oxygen atoms in total. The molecule has 0 spiro atoms. The standard InChI is InChI=1S/C28H27N3O2S2/c1-17-7-6-8-19(15-17)23-24(35-27(31-23)18-9-11-21(34-5)12-10-18)20-13-14-29-22(16-20)30-26(33)25(32)28(2,3)4/h6-16H,1-5H3,(H,29,30,33). The van der Waals surface area contributed by atoms with Crippen molar-refractivity contribution in [3.05, 3.63) is 72.4 Å². The molecule has 2 aromatic carbocycles. The number of thioether (sulfide) groups is 1. The largest absolute Gasteiger partial charge is 0.304 e. The third-order valence-corrected chi connectivity index (χ3v) is 7.30. The van der Waals surface area contributed by atoms with Crippen molar-refractivity contribution in [1.82, 2.24) is 9.97 Å². The van der Waals surface area contributed by atoms with Gasteiger partial charge in [0.05, 0.1) is 10.6 Å². The van der Waals surface area contributed by atoms with Gasteiger partial charge in [-0.15, -0.1) is 23.1 Å². The van der Waals surface area contributed by atoms with Gasteiger partial charge in [0.1, 0.15) is 10.8 Å². The minimum atomic E-state index is -0.765. The summed E-state index contributed by atoms with van der Waals surface area (Å²) in [7, 11) is 0. The zero-order chi connectivity index (χ0) is 25.2. The van der Waals surface area contributed by atoms with E-state index in [1.54, 1.807) is 56.1 Å². The second-order valence-corrected chi connectivity index (χ2v) is 11.1. The average molecular weight is 502 g/mol. The Hall–Kier alpha value is -3.29. The molecule has 1 amide bonds. The molecule has 4 rings (SSSR count). The van der Waals surface area contributed by atoms with Crippen molar-refractivity contribution in [3.63, 3.8) is 0 Å². The van der Waals surface area contributed by atoms with E-state index in [0.717, 1.165) is 37.8 Å². The van der Waals surface area contributed by atoms with Crippen LogP contribution < -0.4 is 5.32 Å². The summed E-state index contributed by atoms with van der Waals surface area (Å²) in [5, 5.41) is 3.57. The molecule has 0 aliphatic rings. The lowest BCUT2D eigenvalue weighted by Crippen LogP contribution is -2.33. The molecular formula is C28H27N3O2S2. The van der Waals surface area contributed by atoms with E-state index in [1.165, 1.54) is 4.90 Å². The molecule has 4 aromatic rings. The number of amides is 1. The first-order valence-corrected chi connectivity index (χ1v) is 13.2. The zero-order valence-electron chi connectivity index (χ0n) is 20.4. The Balaban J connectivity index is 1.77. The third-order valence-electron chi connectivity index (χ3n) is 5.41. The van der Waals surface area contributed by atoms with Crippen LogP contribution >= 0.6 is 23.1 Å². The highest BCUT2D eigenvalue weighted by atomic mass is 32.2. The van der Waals surface area contributed by atoms with Gasteiger partial charge >= 0.3 is 0 Å². The number of hydrogen-bond donors (Lipinski definition) is 1. The smallest absolute Gasteiger partial charge is 0.293 e. The lowest BCUT2D eigenvalue weighted by Gasteiger charge is -2.15.